The lowest BCUT2D eigenvalue weighted by molar-refractivity contribution is 0.0697. The predicted molar refractivity (Wildman–Crippen MR) is 174 cm³/mol. The van der Waals surface area contributed by atoms with E-state index < -0.39 is 15.7 Å². The first-order chi connectivity index (χ1) is 21.6. The molecule has 5 aromatic rings. The average Bonchev–Trinajstić information content (AvgIpc) is 3.83. The predicted octanol–water partition coefficient (Wildman–Crippen LogP) is 5.34. The van der Waals surface area contributed by atoms with Crippen LogP contribution in [-0.4, -0.2) is 61.5 Å². The number of aromatic nitrogens is 3. The molecule has 1 aliphatic carbocycles. The first-order valence-corrected chi connectivity index (χ1v) is 15.6. The van der Waals surface area contributed by atoms with Crippen molar-refractivity contribution >= 4 is 55.2 Å². The van der Waals surface area contributed by atoms with Crippen LogP contribution < -0.4 is 24.8 Å². The van der Waals surface area contributed by atoms with Gasteiger partial charge in [-0.2, -0.15) is 4.98 Å². The number of fused-ring (bicyclic) bond motifs is 1. The summed E-state index contributed by atoms with van der Waals surface area (Å²) in [4.78, 5) is 25.6. The number of carbonyl (C=O) groups is 1. The van der Waals surface area contributed by atoms with Crippen molar-refractivity contribution in [2.75, 3.05) is 24.9 Å². The van der Waals surface area contributed by atoms with Crippen molar-refractivity contribution in [3.8, 4) is 28.8 Å². The van der Waals surface area contributed by atoms with Gasteiger partial charge in [0.1, 0.15) is 5.75 Å². The standard InChI is InChI=1S/C32H30N6O6S/c1-43-30-26(16-34-32(37-30)44-2)18-7-10-25-27(13-18)33-17-28(45(3,42)38-20-8-9-20)29(25)36-23-12-19(31(40)41)11-22(14-23)35-21-5-4-6-24(39)15-21/h4-7,10-17,20,35,39H,3,8-9H2,1-2H3,(H,33,36)(H,38,42)(H,40,41). The highest BCUT2D eigenvalue weighted by atomic mass is 32.2. The fraction of sp³-hybridized carbons (Fsp3) is 0.156. The summed E-state index contributed by atoms with van der Waals surface area (Å²) < 4.78 is 27.7. The molecule has 2 aromatic heterocycles. The van der Waals surface area contributed by atoms with Crippen molar-refractivity contribution < 1.29 is 28.7 Å². The van der Waals surface area contributed by atoms with Gasteiger partial charge in [-0.3, -0.25) is 4.98 Å². The van der Waals surface area contributed by atoms with Gasteiger partial charge < -0.3 is 30.3 Å². The van der Waals surface area contributed by atoms with Gasteiger partial charge in [0.15, 0.2) is 0 Å². The van der Waals surface area contributed by atoms with Crippen LogP contribution in [0.15, 0.2) is 78.0 Å². The van der Waals surface area contributed by atoms with Crippen molar-refractivity contribution in [2.24, 2.45) is 0 Å². The largest absolute Gasteiger partial charge is 0.508 e. The number of hydrogen-bond donors (Lipinski definition) is 5. The highest BCUT2D eigenvalue weighted by Gasteiger charge is 2.27. The SMILES string of the molecule is C=S(=O)(NC1CC1)c1cnc2cc(-c3cnc(OC)nc3OC)ccc2c1Nc1cc(Nc2cccc(O)c2)cc(C(=O)O)c1. The Morgan fingerprint density at radius 2 is 1.73 bits per heavy atom. The number of anilines is 4. The Morgan fingerprint density at radius 1 is 0.956 bits per heavy atom. The van der Waals surface area contributed by atoms with E-state index in [1.54, 1.807) is 24.4 Å². The fourth-order valence-electron chi connectivity index (χ4n) is 4.85. The monoisotopic (exact) mass is 626 g/mol. The Kier molecular flexibility index (Phi) is 7.87. The van der Waals surface area contributed by atoms with Gasteiger partial charge in [0.05, 0.1) is 51.2 Å². The Hall–Kier alpha value is -5.40. The lowest BCUT2D eigenvalue weighted by atomic mass is 10.0. The number of aromatic hydroxyl groups is 1. The number of rotatable bonds is 11. The number of pyridine rings is 1. The minimum Gasteiger partial charge on any atom is -0.508 e. The van der Waals surface area contributed by atoms with Crippen LogP contribution in [0.25, 0.3) is 22.0 Å². The number of carboxylic acids is 1. The maximum absolute atomic E-state index is 14.0. The highest BCUT2D eigenvalue weighted by Crippen LogP contribution is 2.37. The van der Waals surface area contributed by atoms with Gasteiger partial charge in [0.2, 0.25) is 5.88 Å². The summed E-state index contributed by atoms with van der Waals surface area (Å²) in [6.07, 6.45) is 4.92. The molecule has 1 saturated carbocycles. The Balaban J connectivity index is 1.47. The van der Waals surface area contributed by atoms with Crippen LogP contribution >= 0.6 is 0 Å². The molecule has 6 rings (SSSR count). The minimum absolute atomic E-state index is 0.0166. The fourth-order valence-corrected chi connectivity index (χ4v) is 6.46. The van der Waals surface area contributed by atoms with E-state index in [0.717, 1.165) is 18.4 Å². The molecule has 2 heterocycles. The summed E-state index contributed by atoms with van der Waals surface area (Å²) in [6, 6.07) is 16.9. The number of nitrogens with zero attached hydrogens (tertiary/aromatic N) is 3. The lowest BCUT2D eigenvalue weighted by Gasteiger charge is -2.20. The maximum Gasteiger partial charge on any atom is 0.335 e. The van der Waals surface area contributed by atoms with Crippen LogP contribution in [0.2, 0.25) is 0 Å². The average molecular weight is 627 g/mol. The van der Waals surface area contributed by atoms with Crippen molar-refractivity contribution in [2.45, 2.75) is 23.8 Å². The van der Waals surface area contributed by atoms with Gasteiger partial charge in [0, 0.05) is 47.0 Å². The first kappa shape index (κ1) is 29.7. The van der Waals surface area contributed by atoms with Crippen LogP contribution in [0.1, 0.15) is 23.2 Å². The number of phenolic OH excluding ortho intramolecular Hbond substituents is 1. The summed E-state index contributed by atoms with van der Waals surface area (Å²) in [5.41, 5.74) is 3.83. The summed E-state index contributed by atoms with van der Waals surface area (Å²) in [5, 5.41) is 26.9. The number of nitrogens with one attached hydrogen (secondary N) is 3. The maximum atomic E-state index is 14.0. The van der Waals surface area contributed by atoms with Crippen molar-refractivity contribution in [1.29, 1.82) is 0 Å². The van der Waals surface area contributed by atoms with Gasteiger partial charge in [-0.15, -0.1) is 0 Å². The molecule has 0 aliphatic heterocycles. The third kappa shape index (κ3) is 6.44. The first-order valence-electron chi connectivity index (χ1n) is 13.9. The number of aromatic carboxylic acids is 1. The van der Waals surface area contributed by atoms with Gasteiger partial charge in [0.25, 0.3) is 0 Å². The molecule has 0 bridgehead atoms. The zero-order chi connectivity index (χ0) is 31.7. The molecule has 3 aromatic carbocycles. The Bertz CT molecular complexity index is 2050. The third-order valence-corrected chi connectivity index (χ3v) is 8.86. The normalized spacial score (nSPS) is 14.0. The highest BCUT2D eigenvalue weighted by molar-refractivity contribution is 7.98. The summed E-state index contributed by atoms with van der Waals surface area (Å²) in [5.74, 6) is 3.28. The summed E-state index contributed by atoms with van der Waals surface area (Å²) >= 11 is 0. The van der Waals surface area contributed by atoms with Gasteiger partial charge >= 0.3 is 12.0 Å². The van der Waals surface area contributed by atoms with E-state index in [-0.39, 0.29) is 23.4 Å². The molecule has 1 fully saturated rings. The molecule has 1 atom stereocenters. The van der Waals surface area contributed by atoms with E-state index in [0.29, 0.717) is 50.0 Å². The quantitative estimate of drug-likeness (QED) is 0.120. The van der Waals surface area contributed by atoms with Crippen LogP contribution in [0.5, 0.6) is 17.6 Å². The molecule has 1 aliphatic rings. The van der Waals surface area contributed by atoms with Crippen LogP contribution in [0.4, 0.5) is 22.7 Å². The Labute approximate surface area is 259 Å². The minimum atomic E-state index is -3.00. The van der Waals surface area contributed by atoms with Crippen molar-refractivity contribution in [3.05, 3.63) is 78.6 Å². The lowest BCUT2D eigenvalue weighted by Crippen LogP contribution is -2.26. The van der Waals surface area contributed by atoms with E-state index >= 15 is 0 Å². The van der Waals surface area contributed by atoms with E-state index in [1.165, 1.54) is 44.7 Å². The number of carboxylic acid groups (broad SMARTS) is 1. The molecule has 45 heavy (non-hydrogen) atoms. The molecule has 0 amide bonds. The molecule has 230 valence electrons. The molecule has 5 N–H and O–H groups in total. The summed E-state index contributed by atoms with van der Waals surface area (Å²) in [7, 11) is -0.0238. The number of methoxy groups -OCH3 is 2. The van der Waals surface area contributed by atoms with Gasteiger partial charge in [-0.05, 0) is 60.7 Å². The summed E-state index contributed by atoms with van der Waals surface area (Å²) in [6.45, 7) is 0. The number of hydrogen-bond acceptors (Lipinski definition) is 10. The molecule has 0 radical (unpaired) electrons. The van der Waals surface area contributed by atoms with Crippen LogP contribution in [0.3, 0.4) is 0 Å². The smallest absolute Gasteiger partial charge is 0.335 e. The van der Waals surface area contributed by atoms with Crippen LogP contribution in [-0.2, 0) is 9.71 Å². The second kappa shape index (κ2) is 11.9. The van der Waals surface area contributed by atoms with Gasteiger partial charge in [-0.25, -0.2) is 18.7 Å². The molecule has 12 nitrogen and oxygen atoms in total. The van der Waals surface area contributed by atoms with E-state index in [4.69, 9.17) is 9.47 Å². The van der Waals surface area contributed by atoms with Crippen LogP contribution in [0, 0.1) is 0 Å². The molecular weight excluding hydrogens is 596 g/mol. The number of ether oxygens (including phenoxy) is 2. The van der Waals surface area contributed by atoms with Crippen molar-refractivity contribution in [1.82, 2.24) is 19.7 Å². The van der Waals surface area contributed by atoms with E-state index in [9.17, 15) is 19.2 Å². The zero-order valence-electron chi connectivity index (χ0n) is 24.4. The van der Waals surface area contributed by atoms with E-state index in [1.807, 2.05) is 18.2 Å². The molecular formula is C32H30N6O6S. The molecule has 1 unspecified atom stereocenters. The van der Waals surface area contributed by atoms with Crippen molar-refractivity contribution in [3.63, 3.8) is 0 Å². The number of benzene rings is 3. The molecule has 0 spiro atoms. The van der Waals surface area contributed by atoms with Gasteiger partial charge in [-0.1, -0.05) is 18.2 Å². The second-order valence-electron chi connectivity index (χ2n) is 10.5. The number of phenols is 1. The third-order valence-electron chi connectivity index (χ3n) is 7.13. The second-order valence-corrected chi connectivity index (χ2v) is 12.5. The zero-order valence-corrected chi connectivity index (χ0v) is 25.2. The van der Waals surface area contributed by atoms with E-state index in [2.05, 4.69) is 36.2 Å². The molecule has 13 heteroatoms. The topological polar surface area (TPSA) is 168 Å². The Morgan fingerprint density at radius 3 is 2.42 bits per heavy atom. The molecule has 0 saturated heterocycles.